The van der Waals surface area contributed by atoms with Crippen molar-refractivity contribution in [3.05, 3.63) is 0 Å². The zero-order valence-corrected chi connectivity index (χ0v) is 12.9. The molecule has 0 radical (unpaired) electrons. The summed E-state index contributed by atoms with van der Waals surface area (Å²) in [6, 6.07) is 0. The topological polar surface area (TPSA) is 114 Å². The van der Waals surface area contributed by atoms with Gasteiger partial charge in [0, 0.05) is 12.5 Å². The fourth-order valence-corrected chi connectivity index (χ4v) is 0. The van der Waals surface area contributed by atoms with Crippen LogP contribution in [0.5, 0.6) is 0 Å². The summed E-state index contributed by atoms with van der Waals surface area (Å²) in [5.74, 6) is 0. The minimum atomic E-state index is -3.92. The number of hydrogen-bond acceptors (Lipinski definition) is 6. The van der Waals surface area contributed by atoms with Crippen LogP contribution < -0.4 is 59.1 Å². The molecule has 0 aromatic heterocycles. The van der Waals surface area contributed by atoms with Crippen LogP contribution in [0.2, 0.25) is 0 Å². The molecule has 0 heterocycles. The molecule has 0 bridgehead atoms. The van der Waals surface area contributed by atoms with E-state index >= 15 is 0 Å². The molecule has 0 fully saturated rings. The molecule has 0 spiro atoms. The van der Waals surface area contributed by atoms with Gasteiger partial charge in [0.1, 0.15) is 0 Å². The first-order chi connectivity index (χ1) is 4.00. The average molecular weight is 236 g/mol. The van der Waals surface area contributed by atoms with E-state index in [0.29, 0.717) is 12.5 Å². The summed E-state index contributed by atoms with van der Waals surface area (Å²) in [5, 5.41) is 0. The molecule has 0 saturated heterocycles. The third-order valence-corrected chi connectivity index (χ3v) is 0. The Morgan fingerprint density at radius 1 is 0.750 bits per heavy atom. The Balaban J connectivity index is -0.0000000457. The molecule has 0 unspecified atom stereocenters. The molecule has 12 heavy (non-hydrogen) atoms. The summed E-state index contributed by atoms with van der Waals surface area (Å²) in [7, 11) is -7.83. The zero-order chi connectivity index (χ0) is 9.00. The van der Waals surface area contributed by atoms with Gasteiger partial charge in [0.15, 0.2) is 0 Å². The molecule has 0 amide bonds. The summed E-state index contributed by atoms with van der Waals surface area (Å²) in [6.07, 6.45) is 1.21. The minimum absolute atomic E-state index is 0. The molecule has 0 saturated carbocycles. The van der Waals surface area contributed by atoms with Gasteiger partial charge < -0.3 is 9.11 Å². The van der Waals surface area contributed by atoms with E-state index in [-0.39, 0.29) is 59.1 Å². The van der Waals surface area contributed by atoms with Crippen molar-refractivity contribution in [2.24, 2.45) is 0 Å². The molecule has 0 aliphatic heterocycles. The van der Waals surface area contributed by atoms with Gasteiger partial charge in [-0.3, -0.25) is 0 Å². The Hall–Kier alpha value is 1.82. The van der Waals surface area contributed by atoms with E-state index in [1.807, 2.05) is 0 Å². The molecule has 0 aromatic rings. The van der Waals surface area contributed by atoms with Gasteiger partial charge in [-0.05, 0) is 0 Å². The maximum Gasteiger partial charge on any atom is 1.00 e. The second-order valence-electron chi connectivity index (χ2n) is 1.41. The van der Waals surface area contributed by atoms with Gasteiger partial charge in [0.25, 0.3) is 0 Å². The maximum atomic E-state index is 9.08. The molecule has 0 rings (SSSR count). The second kappa shape index (κ2) is 9.38. The maximum absolute atomic E-state index is 9.08. The first-order valence-corrected chi connectivity index (χ1v) is 5.45. The van der Waals surface area contributed by atoms with E-state index in [2.05, 4.69) is 0 Å². The van der Waals surface area contributed by atoms with Crippen LogP contribution in [-0.4, -0.2) is 38.5 Å². The van der Waals surface area contributed by atoms with Crippen molar-refractivity contribution in [1.82, 2.24) is 0 Å². The minimum Gasteiger partial charge on any atom is -0.748 e. The first-order valence-electron chi connectivity index (χ1n) is 1.82. The molecule has 64 valence electrons. The van der Waals surface area contributed by atoms with Crippen LogP contribution in [0.15, 0.2) is 0 Å². The van der Waals surface area contributed by atoms with Crippen LogP contribution in [-0.2, 0) is 20.2 Å². The van der Waals surface area contributed by atoms with Crippen molar-refractivity contribution in [2.75, 3.05) is 12.5 Å². The SMILES string of the molecule is CS(=O)(=O)[O-].CS(=O)(=O)[O-].[Na+].[Na+]. The van der Waals surface area contributed by atoms with E-state index in [4.69, 9.17) is 25.9 Å². The van der Waals surface area contributed by atoms with Crippen LogP contribution in [0.3, 0.4) is 0 Å². The Bertz CT molecular complexity index is 218. The van der Waals surface area contributed by atoms with Crippen molar-refractivity contribution in [2.45, 2.75) is 0 Å². The molecule has 0 aliphatic rings. The van der Waals surface area contributed by atoms with Crippen molar-refractivity contribution in [1.29, 1.82) is 0 Å². The molecule has 0 aromatic carbocycles. The predicted molar refractivity (Wildman–Crippen MR) is 31.2 cm³/mol. The third kappa shape index (κ3) is 418. The summed E-state index contributed by atoms with van der Waals surface area (Å²) < 4.78 is 54.5. The van der Waals surface area contributed by atoms with Crippen LogP contribution in [0.1, 0.15) is 0 Å². The molecule has 10 heteroatoms. The van der Waals surface area contributed by atoms with Gasteiger partial charge in [0.2, 0.25) is 0 Å². The fraction of sp³-hybridized carbons (Fsp3) is 1.00. The molecule has 0 N–H and O–H groups in total. The van der Waals surface area contributed by atoms with Gasteiger partial charge in [-0.1, -0.05) is 0 Å². The second-order valence-corrected chi connectivity index (χ2v) is 4.22. The van der Waals surface area contributed by atoms with Gasteiger partial charge in [0.05, 0.1) is 20.2 Å². The normalized spacial score (nSPS) is 9.67. The van der Waals surface area contributed by atoms with Crippen LogP contribution in [0.4, 0.5) is 0 Å². The fourth-order valence-electron chi connectivity index (χ4n) is 0. The van der Waals surface area contributed by atoms with Crippen molar-refractivity contribution < 1.29 is 85.1 Å². The van der Waals surface area contributed by atoms with Crippen molar-refractivity contribution in [3.63, 3.8) is 0 Å². The average Bonchev–Trinajstić information content (AvgIpc) is 1.12. The van der Waals surface area contributed by atoms with Gasteiger partial charge >= 0.3 is 59.1 Å². The van der Waals surface area contributed by atoms with Crippen LogP contribution >= 0.6 is 0 Å². The standard InChI is InChI=1S/2CH4O3S.2Na/c2*1-5(2,3)4;;/h2*1H3,(H,2,3,4);;/q;;2*+1/p-2. The molecular weight excluding hydrogens is 230 g/mol. The molecule has 6 nitrogen and oxygen atoms in total. The Morgan fingerprint density at radius 2 is 0.750 bits per heavy atom. The predicted octanol–water partition coefficient (Wildman–Crippen LogP) is -7.67. The van der Waals surface area contributed by atoms with E-state index in [1.54, 1.807) is 0 Å². The molecule has 0 atom stereocenters. The quantitative estimate of drug-likeness (QED) is 0.305. The van der Waals surface area contributed by atoms with Gasteiger partial charge in [-0.25, -0.2) is 16.8 Å². The monoisotopic (exact) mass is 236 g/mol. The summed E-state index contributed by atoms with van der Waals surface area (Å²) in [6.45, 7) is 0. The van der Waals surface area contributed by atoms with Crippen LogP contribution in [0, 0.1) is 0 Å². The summed E-state index contributed by atoms with van der Waals surface area (Å²) >= 11 is 0. The van der Waals surface area contributed by atoms with Crippen molar-refractivity contribution >= 4 is 20.2 Å². The Kier molecular flexibility index (Phi) is 18.4. The van der Waals surface area contributed by atoms with Gasteiger partial charge in [-0.2, -0.15) is 0 Å². The summed E-state index contributed by atoms with van der Waals surface area (Å²) in [5.41, 5.74) is 0. The number of hydrogen-bond donors (Lipinski definition) is 0. The first kappa shape index (κ1) is 23.6. The zero-order valence-electron chi connectivity index (χ0n) is 7.27. The van der Waals surface area contributed by atoms with E-state index < -0.39 is 20.2 Å². The third-order valence-electron chi connectivity index (χ3n) is 0. The largest absolute Gasteiger partial charge is 1.00 e. The van der Waals surface area contributed by atoms with E-state index in [9.17, 15) is 0 Å². The molecule has 0 aliphatic carbocycles. The van der Waals surface area contributed by atoms with E-state index in [0.717, 1.165) is 0 Å². The van der Waals surface area contributed by atoms with Crippen LogP contribution in [0.25, 0.3) is 0 Å². The smallest absolute Gasteiger partial charge is 0.748 e. The number of rotatable bonds is 0. The Morgan fingerprint density at radius 3 is 0.750 bits per heavy atom. The van der Waals surface area contributed by atoms with Crippen molar-refractivity contribution in [3.8, 4) is 0 Å². The van der Waals surface area contributed by atoms with E-state index in [1.165, 1.54) is 0 Å². The molecular formula is C2H6Na2O6S2. The summed E-state index contributed by atoms with van der Waals surface area (Å²) in [4.78, 5) is 0. The van der Waals surface area contributed by atoms with Gasteiger partial charge in [-0.15, -0.1) is 0 Å². The Labute approximate surface area is 116 Å².